The van der Waals surface area contributed by atoms with Crippen molar-refractivity contribution >= 4 is 32.8 Å². The van der Waals surface area contributed by atoms with Gasteiger partial charge in [-0.25, -0.2) is 8.42 Å². The first-order chi connectivity index (χ1) is 13.3. The molecule has 0 aliphatic heterocycles. The van der Waals surface area contributed by atoms with E-state index >= 15 is 0 Å². The highest BCUT2D eigenvalue weighted by Crippen LogP contribution is 2.27. The van der Waals surface area contributed by atoms with Crippen molar-refractivity contribution in [1.82, 2.24) is 0 Å². The fourth-order valence-electron chi connectivity index (χ4n) is 2.99. The first kappa shape index (κ1) is 19.6. The second kappa shape index (κ2) is 8.27. The van der Waals surface area contributed by atoms with E-state index in [-0.39, 0.29) is 11.7 Å². The zero-order chi connectivity index (χ0) is 20.1. The first-order valence-electron chi connectivity index (χ1n) is 8.79. The van der Waals surface area contributed by atoms with Crippen LogP contribution in [0.3, 0.4) is 0 Å². The van der Waals surface area contributed by atoms with Crippen molar-refractivity contribution in [2.45, 2.75) is 5.75 Å². The molecule has 1 amide bonds. The largest absolute Gasteiger partial charge is 0.344 e. The molecular formula is C22H22N2O3S. The number of hydrogen-bond donors (Lipinski definition) is 1. The molecule has 0 atom stereocenters. The van der Waals surface area contributed by atoms with Crippen molar-refractivity contribution in [1.29, 1.82) is 0 Å². The Hall–Kier alpha value is -3.12. The molecule has 0 spiro atoms. The SMILES string of the molecule is CN(c1ccccc1)c1ccccc1C(=O)Nc1cccc(CS(C)(=O)=O)c1. The smallest absolute Gasteiger partial charge is 0.257 e. The van der Waals surface area contributed by atoms with Crippen LogP contribution in [0.2, 0.25) is 0 Å². The predicted octanol–water partition coefficient (Wildman–Crippen LogP) is 4.25. The Morgan fingerprint density at radius 1 is 0.929 bits per heavy atom. The molecule has 0 aliphatic carbocycles. The molecule has 0 radical (unpaired) electrons. The average molecular weight is 394 g/mol. The Bertz CT molecular complexity index is 1080. The molecule has 5 nitrogen and oxygen atoms in total. The molecule has 0 aromatic heterocycles. The van der Waals surface area contributed by atoms with Gasteiger partial charge in [0.2, 0.25) is 0 Å². The molecule has 3 rings (SSSR count). The van der Waals surface area contributed by atoms with E-state index in [9.17, 15) is 13.2 Å². The third-order valence-electron chi connectivity index (χ3n) is 4.27. The predicted molar refractivity (Wildman–Crippen MR) is 114 cm³/mol. The Morgan fingerprint density at radius 2 is 1.61 bits per heavy atom. The van der Waals surface area contributed by atoms with E-state index in [1.165, 1.54) is 6.26 Å². The van der Waals surface area contributed by atoms with Crippen LogP contribution in [0.4, 0.5) is 17.1 Å². The number of benzene rings is 3. The molecule has 144 valence electrons. The minimum Gasteiger partial charge on any atom is -0.344 e. The van der Waals surface area contributed by atoms with Crippen LogP contribution in [0.5, 0.6) is 0 Å². The quantitative estimate of drug-likeness (QED) is 0.679. The molecule has 0 heterocycles. The lowest BCUT2D eigenvalue weighted by molar-refractivity contribution is 0.102. The monoisotopic (exact) mass is 394 g/mol. The van der Waals surface area contributed by atoms with Gasteiger partial charge in [0.15, 0.2) is 9.84 Å². The van der Waals surface area contributed by atoms with Crippen LogP contribution < -0.4 is 10.2 Å². The van der Waals surface area contributed by atoms with Crippen molar-refractivity contribution < 1.29 is 13.2 Å². The highest BCUT2D eigenvalue weighted by Gasteiger charge is 2.15. The number of nitrogens with one attached hydrogen (secondary N) is 1. The van der Waals surface area contributed by atoms with Gasteiger partial charge in [-0.2, -0.15) is 0 Å². The Labute approximate surface area is 165 Å². The zero-order valence-electron chi connectivity index (χ0n) is 15.8. The lowest BCUT2D eigenvalue weighted by atomic mass is 10.1. The normalized spacial score (nSPS) is 11.1. The molecule has 0 bridgehead atoms. The van der Waals surface area contributed by atoms with Crippen LogP contribution in [-0.2, 0) is 15.6 Å². The summed E-state index contributed by atoms with van der Waals surface area (Å²) in [4.78, 5) is 14.9. The van der Waals surface area contributed by atoms with Gasteiger partial charge >= 0.3 is 0 Å². The summed E-state index contributed by atoms with van der Waals surface area (Å²) < 4.78 is 23.0. The van der Waals surface area contributed by atoms with Crippen molar-refractivity contribution in [3.8, 4) is 0 Å². The molecule has 1 N–H and O–H groups in total. The van der Waals surface area contributed by atoms with Gasteiger partial charge in [0.1, 0.15) is 0 Å². The number of carbonyl (C=O) groups excluding carboxylic acids is 1. The van der Waals surface area contributed by atoms with Gasteiger partial charge in [-0.15, -0.1) is 0 Å². The standard InChI is InChI=1S/C22H22N2O3S/c1-24(19-11-4-3-5-12-19)21-14-7-6-13-20(21)22(25)23-18-10-8-9-17(15-18)16-28(2,26)27/h3-15H,16H2,1-2H3,(H,23,25). The van der Waals surface area contributed by atoms with E-state index in [2.05, 4.69) is 5.32 Å². The van der Waals surface area contributed by atoms with E-state index in [0.29, 0.717) is 16.8 Å². The number of amides is 1. The number of nitrogens with zero attached hydrogens (tertiary/aromatic N) is 1. The van der Waals surface area contributed by atoms with Gasteiger partial charge < -0.3 is 10.2 Å². The van der Waals surface area contributed by atoms with Crippen molar-refractivity contribution in [2.75, 3.05) is 23.5 Å². The van der Waals surface area contributed by atoms with Crippen LogP contribution in [0, 0.1) is 0 Å². The fraction of sp³-hybridized carbons (Fsp3) is 0.136. The van der Waals surface area contributed by atoms with E-state index in [4.69, 9.17) is 0 Å². The zero-order valence-corrected chi connectivity index (χ0v) is 16.6. The maximum absolute atomic E-state index is 12.9. The topological polar surface area (TPSA) is 66.5 Å². The number of hydrogen-bond acceptors (Lipinski definition) is 4. The van der Waals surface area contributed by atoms with Crippen LogP contribution in [0.15, 0.2) is 78.9 Å². The fourth-order valence-corrected chi connectivity index (χ4v) is 3.77. The third kappa shape index (κ3) is 4.98. The van der Waals surface area contributed by atoms with Crippen molar-refractivity contribution in [3.63, 3.8) is 0 Å². The summed E-state index contributed by atoms with van der Waals surface area (Å²) >= 11 is 0. The van der Waals surface area contributed by atoms with Gasteiger partial charge in [-0.1, -0.05) is 42.5 Å². The molecule has 3 aromatic rings. The van der Waals surface area contributed by atoms with Gasteiger partial charge in [0, 0.05) is 24.7 Å². The molecule has 0 saturated heterocycles. The number of rotatable bonds is 6. The summed E-state index contributed by atoms with van der Waals surface area (Å²) in [6.45, 7) is 0. The van der Waals surface area contributed by atoms with Crippen LogP contribution in [-0.4, -0.2) is 27.6 Å². The Kier molecular flexibility index (Phi) is 5.80. The van der Waals surface area contributed by atoms with Crippen LogP contribution >= 0.6 is 0 Å². The number of sulfone groups is 1. The summed E-state index contributed by atoms with van der Waals surface area (Å²) in [6, 6.07) is 24.0. The van der Waals surface area contributed by atoms with Crippen molar-refractivity contribution in [2.24, 2.45) is 0 Å². The number of para-hydroxylation sites is 2. The lowest BCUT2D eigenvalue weighted by Crippen LogP contribution is -2.18. The molecular weight excluding hydrogens is 372 g/mol. The van der Waals surface area contributed by atoms with E-state index in [0.717, 1.165) is 11.4 Å². The molecule has 28 heavy (non-hydrogen) atoms. The lowest BCUT2D eigenvalue weighted by Gasteiger charge is -2.22. The maximum atomic E-state index is 12.9. The van der Waals surface area contributed by atoms with E-state index in [1.54, 1.807) is 30.3 Å². The first-order valence-corrected chi connectivity index (χ1v) is 10.9. The molecule has 0 aliphatic rings. The summed E-state index contributed by atoms with van der Waals surface area (Å²) in [7, 11) is -1.23. The number of carbonyl (C=O) groups is 1. The van der Waals surface area contributed by atoms with E-state index in [1.807, 2.05) is 60.5 Å². The van der Waals surface area contributed by atoms with Gasteiger partial charge in [-0.05, 0) is 42.0 Å². The van der Waals surface area contributed by atoms with Crippen LogP contribution in [0.1, 0.15) is 15.9 Å². The number of anilines is 3. The summed E-state index contributed by atoms with van der Waals surface area (Å²) in [5, 5.41) is 2.87. The minimum atomic E-state index is -3.14. The van der Waals surface area contributed by atoms with Gasteiger partial charge in [0.25, 0.3) is 5.91 Å². The summed E-state index contributed by atoms with van der Waals surface area (Å²) in [6.07, 6.45) is 1.19. The summed E-state index contributed by atoms with van der Waals surface area (Å²) in [5.74, 6) is -0.320. The molecule has 6 heteroatoms. The summed E-state index contributed by atoms with van der Waals surface area (Å²) in [5.41, 5.74) is 3.47. The molecule has 3 aromatic carbocycles. The van der Waals surface area contributed by atoms with Crippen molar-refractivity contribution in [3.05, 3.63) is 90.0 Å². The van der Waals surface area contributed by atoms with Gasteiger partial charge in [-0.3, -0.25) is 4.79 Å². The highest BCUT2D eigenvalue weighted by molar-refractivity contribution is 7.89. The van der Waals surface area contributed by atoms with E-state index < -0.39 is 9.84 Å². The third-order valence-corrected chi connectivity index (χ3v) is 5.12. The minimum absolute atomic E-state index is 0.0654. The Morgan fingerprint density at radius 3 is 2.32 bits per heavy atom. The van der Waals surface area contributed by atoms with Crippen LogP contribution in [0.25, 0.3) is 0 Å². The molecule has 0 saturated carbocycles. The maximum Gasteiger partial charge on any atom is 0.257 e. The Balaban J connectivity index is 1.85. The van der Waals surface area contributed by atoms with Gasteiger partial charge in [0.05, 0.1) is 17.0 Å². The second-order valence-electron chi connectivity index (χ2n) is 6.64. The molecule has 0 fully saturated rings. The highest BCUT2D eigenvalue weighted by atomic mass is 32.2. The second-order valence-corrected chi connectivity index (χ2v) is 8.78. The average Bonchev–Trinajstić information content (AvgIpc) is 2.67. The molecule has 0 unspecified atom stereocenters.